The largest absolute Gasteiger partial charge is 0.379 e. The van der Waals surface area contributed by atoms with Gasteiger partial charge in [-0.15, -0.1) is 0 Å². The van der Waals surface area contributed by atoms with Crippen molar-refractivity contribution in [3.05, 3.63) is 33.8 Å². The molecular weight excluding hydrogens is 308 g/mol. The first kappa shape index (κ1) is 14.5. The molecule has 0 spiro atoms. The zero-order valence-corrected chi connectivity index (χ0v) is 12.7. The van der Waals surface area contributed by atoms with E-state index < -0.39 is 0 Å². The van der Waals surface area contributed by atoms with Crippen molar-refractivity contribution >= 4 is 21.8 Å². The summed E-state index contributed by atoms with van der Waals surface area (Å²) >= 11 is 3.41. The molecule has 4 nitrogen and oxygen atoms in total. The highest BCUT2D eigenvalue weighted by Crippen LogP contribution is 2.17. The van der Waals surface area contributed by atoms with Gasteiger partial charge in [-0.25, -0.2) is 0 Å². The number of amides is 1. The second-order valence-corrected chi connectivity index (χ2v) is 5.55. The number of carbonyl (C=O) groups is 1. The summed E-state index contributed by atoms with van der Waals surface area (Å²) in [4.78, 5) is 14.4. The van der Waals surface area contributed by atoms with Gasteiger partial charge in [-0.2, -0.15) is 0 Å². The van der Waals surface area contributed by atoms with Crippen LogP contribution in [-0.4, -0.2) is 50.2 Å². The zero-order valence-electron chi connectivity index (χ0n) is 11.1. The summed E-state index contributed by atoms with van der Waals surface area (Å²) in [6, 6.07) is 5.79. The van der Waals surface area contributed by atoms with Gasteiger partial charge in [0.25, 0.3) is 5.91 Å². The molecule has 1 heterocycles. The smallest absolute Gasteiger partial charge is 0.252 e. The summed E-state index contributed by atoms with van der Waals surface area (Å²) in [5.74, 6) is -0.0242. The minimum Gasteiger partial charge on any atom is -0.379 e. The first-order chi connectivity index (χ1) is 9.16. The normalized spacial score (nSPS) is 16.3. The number of hydrogen-bond acceptors (Lipinski definition) is 3. The van der Waals surface area contributed by atoms with Crippen LogP contribution in [0.1, 0.15) is 15.9 Å². The zero-order chi connectivity index (χ0) is 13.7. The van der Waals surface area contributed by atoms with Crippen LogP contribution >= 0.6 is 15.9 Å². The molecule has 0 unspecified atom stereocenters. The van der Waals surface area contributed by atoms with Gasteiger partial charge >= 0.3 is 0 Å². The Kier molecular flexibility index (Phi) is 5.36. The maximum absolute atomic E-state index is 12.1. The number of morpholine rings is 1. The van der Waals surface area contributed by atoms with E-state index in [2.05, 4.69) is 26.1 Å². The Morgan fingerprint density at radius 3 is 2.89 bits per heavy atom. The first-order valence-corrected chi connectivity index (χ1v) is 7.30. The molecule has 1 saturated heterocycles. The second-order valence-electron chi connectivity index (χ2n) is 4.69. The molecule has 1 aromatic carbocycles. The fourth-order valence-electron chi connectivity index (χ4n) is 2.06. The molecule has 1 fully saturated rings. The van der Waals surface area contributed by atoms with Gasteiger partial charge in [0.05, 0.1) is 18.8 Å². The van der Waals surface area contributed by atoms with Gasteiger partial charge in [0.1, 0.15) is 0 Å². The molecule has 1 aromatic rings. The summed E-state index contributed by atoms with van der Waals surface area (Å²) in [7, 11) is 0. The van der Waals surface area contributed by atoms with Crippen LogP contribution in [0.5, 0.6) is 0 Å². The van der Waals surface area contributed by atoms with Crippen molar-refractivity contribution in [1.29, 1.82) is 0 Å². The third-order valence-corrected chi connectivity index (χ3v) is 3.88. The molecule has 0 saturated carbocycles. The van der Waals surface area contributed by atoms with Gasteiger partial charge in [-0.1, -0.05) is 11.6 Å². The Balaban J connectivity index is 1.82. The Bertz CT molecular complexity index is 445. The summed E-state index contributed by atoms with van der Waals surface area (Å²) in [6.07, 6.45) is 0. The van der Waals surface area contributed by atoms with Crippen molar-refractivity contribution in [2.75, 3.05) is 39.4 Å². The average Bonchev–Trinajstić information content (AvgIpc) is 2.42. The lowest BCUT2D eigenvalue weighted by Crippen LogP contribution is -2.41. The van der Waals surface area contributed by atoms with Crippen molar-refractivity contribution < 1.29 is 9.53 Å². The summed E-state index contributed by atoms with van der Waals surface area (Å²) in [6.45, 7) is 7.00. The fourth-order valence-corrected chi connectivity index (χ4v) is 2.49. The van der Waals surface area contributed by atoms with E-state index in [0.717, 1.165) is 42.9 Å². The van der Waals surface area contributed by atoms with Crippen molar-refractivity contribution in [3.8, 4) is 0 Å². The number of rotatable bonds is 4. The van der Waals surface area contributed by atoms with Crippen LogP contribution in [0.2, 0.25) is 0 Å². The van der Waals surface area contributed by atoms with Crippen LogP contribution in [0.25, 0.3) is 0 Å². The van der Waals surface area contributed by atoms with E-state index in [-0.39, 0.29) is 5.91 Å². The number of ether oxygens (including phenoxy) is 1. The Morgan fingerprint density at radius 1 is 1.42 bits per heavy atom. The number of hydrogen-bond donors (Lipinski definition) is 1. The van der Waals surface area contributed by atoms with E-state index in [0.29, 0.717) is 12.1 Å². The van der Waals surface area contributed by atoms with Gasteiger partial charge in [-0.05, 0) is 35.0 Å². The highest BCUT2D eigenvalue weighted by atomic mass is 79.9. The lowest BCUT2D eigenvalue weighted by atomic mass is 10.1. The third-order valence-electron chi connectivity index (χ3n) is 3.18. The van der Waals surface area contributed by atoms with E-state index in [1.54, 1.807) is 0 Å². The summed E-state index contributed by atoms with van der Waals surface area (Å²) < 4.78 is 6.13. The van der Waals surface area contributed by atoms with E-state index in [1.807, 2.05) is 25.1 Å². The van der Waals surface area contributed by atoms with Gasteiger partial charge in [0.2, 0.25) is 0 Å². The molecule has 5 heteroatoms. The molecule has 0 bridgehead atoms. The Hall–Kier alpha value is -0.910. The minimum atomic E-state index is -0.0242. The maximum Gasteiger partial charge on any atom is 0.252 e. The van der Waals surface area contributed by atoms with Crippen molar-refractivity contribution in [2.45, 2.75) is 6.92 Å². The van der Waals surface area contributed by atoms with E-state index in [4.69, 9.17) is 4.74 Å². The monoisotopic (exact) mass is 326 g/mol. The predicted molar refractivity (Wildman–Crippen MR) is 78.5 cm³/mol. The Morgan fingerprint density at radius 2 is 2.16 bits per heavy atom. The topological polar surface area (TPSA) is 41.6 Å². The quantitative estimate of drug-likeness (QED) is 0.917. The molecule has 0 radical (unpaired) electrons. The predicted octanol–water partition coefficient (Wildman–Crippen LogP) is 1.82. The van der Waals surface area contributed by atoms with Crippen molar-refractivity contribution in [1.82, 2.24) is 10.2 Å². The van der Waals surface area contributed by atoms with Crippen LogP contribution in [0, 0.1) is 6.92 Å². The number of benzene rings is 1. The van der Waals surface area contributed by atoms with Crippen LogP contribution in [-0.2, 0) is 4.74 Å². The lowest BCUT2D eigenvalue weighted by Gasteiger charge is -2.26. The standard InChI is InChI=1S/C14H19BrN2O2/c1-11-2-3-13(15)12(10-11)14(18)16-4-5-17-6-8-19-9-7-17/h2-3,10H,4-9H2,1H3,(H,16,18). The highest BCUT2D eigenvalue weighted by molar-refractivity contribution is 9.10. The van der Waals surface area contributed by atoms with Crippen LogP contribution < -0.4 is 5.32 Å². The Labute approximate surface area is 122 Å². The molecular formula is C14H19BrN2O2. The number of aryl methyl sites for hydroxylation is 1. The summed E-state index contributed by atoms with van der Waals surface area (Å²) in [5, 5.41) is 2.96. The minimum absolute atomic E-state index is 0.0242. The third kappa shape index (κ3) is 4.30. The van der Waals surface area contributed by atoms with Gasteiger partial charge in [0, 0.05) is 30.7 Å². The van der Waals surface area contributed by atoms with E-state index in [1.165, 1.54) is 0 Å². The van der Waals surface area contributed by atoms with Crippen molar-refractivity contribution in [3.63, 3.8) is 0 Å². The number of carbonyl (C=O) groups excluding carboxylic acids is 1. The van der Waals surface area contributed by atoms with Gasteiger partial charge < -0.3 is 10.1 Å². The molecule has 0 aliphatic carbocycles. The number of nitrogens with zero attached hydrogens (tertiary/aromatic N) is 1. The first-order valence-electron chi connectivity index (χ1n) is 6.51. The fraction of sp³-hybridized carbons (Fsp3) is 0.500. The molecule has 1 N–H and O–H groups in total. The molecule has 1 amide bonds. The van der Waals surface area contributed by atoms with Crippen molar-refractivity contribution in [2.24, 2.45) is 0 Å². The molecule has 0 atom stereocenters. The highest BCUT2D eigenvalue weighted by Gasteiger charge is 2.12. The van der Waals surface area contributed by atoms with Gasteiger partial charge in [0.15, 0.2) is 0 Å². The summed E-state index contributed by atoms with van der Waals surface area (Å²) in [5.41, 5.74) is 1.78. The number of halogens is 1. The lowest BCUT2D eigenvalue weighted by molar-refractivity contribution is 0.0383. The average molecular weight is 327 g/mol. The molecule has 104 valence electrons. The SMILES string of the molecule is Cc1ccc(Br)c(C(=O)NCCN2CCOCC2)c1. The van der Waals surface area contributed by atoms with Crippen LogP contribution in [0.3, 0.4) is 0 Å². The van der Waals surface area contributed by atoms with E-state index >= 15 is 0 Å². The van der Waals surface area contributed by atoms with Gasteiger partial charge in [-0.3, -0.25) is 9.69 Å². The van der Waals surface area contributed by atoms with E-state index in [9.17, 15) is 4.79 Å². The second kappa shape index (κ2) is 7.03. The molecule has 1 aliphatic rings. The molecule has 19 heavy (non-hydrogen) atoms. The molecule has 1 aliphatic heterocycles. The van der Waals surface area contributed by atoms with Crippen LogP contribution in [0.4, 0.5) is 0 Å². The maximum atomic E-state index is 12.1. The van der Waals surface area contributed by atoms with Crippen LogP contribution in [0.15, 0.2) is 22.7 Å². The molecule has 0 aromatic heterocycles. The number of nitrogens with one attached hydrogen (secondary N) is 1. The molecule has 2 rings (SSSR count).